The van der Waals surface area contributed by atoms with E-state index in [4.69, 9.17) is 0 Å². The summed E-state index contributed by atoms with van der Waals surface area (Å²) in [6, 6.07) is 0. The van der Waals surface area contributed by atoms with Gasteiger partial charge in [0, 0.05) is 5.25 Å². The van der Waals surface area contributed by atoms with Gasteiger partial charge >= 0.3 is 5.97 Å². The van der Waals surface area contributed by atoms with Crippen molar-refractivity contribution in [2.24, 2.45) is 11.3 Å². The minimum Gasteiger partial charge on any atom is -0.481 e. The van der Waals surface area contributed by atoms with Gasteiger partial charge in [-0.1, -0.05) is 13.8 Å². The van der Waals surface area contributed by atoms with Crippen LogP contribution in [0.4, 0.5) is 0 Å². The predicted octanol–water partition coefficient (Wildman–Crippen LogP) is 3.59. The highest BCUT2D eigenvalue weighted by molar-refractivity contribution is 8.04. The largest absolute Gasteiger partial charge is 0.481 e. The average Bonchev–Trinajstić information content (AvgIpc) is 2.54. The second-order valence-corrected chi connectivity index (χ2v) is 7.56. The first-order chi connectivity index (χ1) is 7.94. The van der Waals surface area contributed by atoms with Gasteiger partial charge in [-0.25, -0.2) is 0 Å². The minimum atomic E-state index is -0.646. The number of carbonyl (C=O) groups is 1. The van der Waals surface area contributed by atoms with Gasteiger partial charge in [0.25, 0.3) is 0 Å². The van der Waals surface area contributed by atoms with Gasteiger partial charge < -0.3 is 5.11 Å². The van der Waals surface area contributed by atoms with E-state index in [0.717, 1.165) is 25.0 Å². The summed E-state index contributed by atoms with van der Waals surface area (Å²) in [5.74, 6) is -0.139. The van der Waals surface area contributed by atoms with Crippen LogP contribution in [0.1, 0.15) is 39.5 Å². The number of carboxylic acid groups (broad SMARTS) is 1. The van der Waals surface area contributed by atoms with Crippen LogP contribution in [0.3, 0.4) is 0 Å². The zero-order valence-electron chi connectivity index (χ0n) is 10.4. The molecule has 0 amide bonds. The fourth-order valence-electron chi connectivity index (χ4n) is 2.87. The Balaban J connectivity index is 2.23. The molecule has 2 nitrogen and oxygen atoms in total. The smallest absolute Gasteiger partial charge is 0.311 e. The molecule has 2 atom stereocenters. The number of thioether (sulfide) groups is 1. The maximum absolute atomic E-state index is 11.5. The predicted molar refractivity (Wildman–Crippen MR) is 75.6 cm³/mol. The lowest BCUT2D eigenvalue weighted by Crippen LogP contribution is -2.27. The maximum atomic E-state index is 11.5. The molecule has 0 aromatic carbocycles. The second kappa shape index (κ2) is 4.88. The number of rotatable bonds is 3. The summed E-state index contributed by atoms with van der Waals surface area (Å²) in [7, 11) is 0. The molecule has 2 unspecified atom stereocenters. The molecule has 4 heteroatoms. The number of hydrogen-bond donors (Lipinski definition) is 2. The Morgan fingerprint density at radius 3 is 2.88 bits per heavy atom. The van der Waals surface area contributed by atoms with Gasteiger partial charge in [-0.15, -0.1) is 11.8 Å². The molecular formula is C13H20O2S2. The van der Waals surface area contributed by atoms with Crippen molar-refractivity contribution in [2.45, 2.75) is 44.8 Å². The summed E-state index contributed by atoms with van der Waals surface area (Å²) in [5.41, 5.74) is 1.48. The Morgan fingerprint density at radius 2 is 2.29 bits per heavy atom. The van der Waals surface area contributed by atoms with Crippen LogP contribution in [0.25, 0.3) is 0 Å². The van der Waals surface area contributed by atoms with Gasteiger partial charge in [0.05, 0.1) is 5.92 Å². The fraction of sp³-hybridized carbons (Fsp3) is 0.769. The van der Waals surface area contributed by atoms with Gasteiger partial charge in [-0.2, -0.15) is 12.6 Å². The molecule has 0 radical (unpaired) electrons. The lowest BCUT2D eigenvalue weighted by molar-refractivity contribution is -0.140. The summed E-state index contributed by atoms with van der Waals surface area (Å²) < 4.78 is 0. The molecule has 1 aliphatic carbocycles. The van der Waals surface area contributed by atoms with Crippen molar-refractivity contribution in [2.75, 3.05) is 5.75 Å². The Morgan fingerprint density at radius 1 is 1.59 bits per heavy atom. The van der Waals surface area contributed by atoms with Crippen LogP contribution in [-0.4, -0.2) is 22.1 Å². The highest BCUT2D eigenvalue weighted by atomic mass is 32.2. The molecule has 1 aliphatic heterocycles. The summed E-state index contributed by atoms with van der Waals surface area (Å²) in [6.07, 6.45) is 4.09. The van der Waals surface area contributed by atoms with Gasteiger partial charge in [0.2, 0.25) is 0 Å². The first-order valence-electron chi connectivity index (χ1n) is 6.17. The molecular weight excluding hydrogens is 252 g/mol. The molecule has 0 aromatic heterocycles. The quantitative estimate of drug-likeness (QED) is 0.771. The first-order valence-corrected chi connectivity index (χ1v) is 7.68. The van der Waals surface area contributed by atoms with Crippen molar-refractivity contribution < 1.29 is 9.90 Å². The fourth-order valence-corrected chi connectivity index (χ4v) is 4.91. The van der Waals surface area contributed by atoms with Gasteiger partial charge in [-0.05, 0) is 47.3 Å². The van der Waals surface area contributed by atoms with Gasteiger partial charge in [0.1, 0.15) is 0 Å². The standard InChI is InChI=1S/C13H20O2S2/c1-13(2)5-3-9-8(7-13)11(12(14)15)10(17-9)4-6-16/h10-11,16H,3-7H2,1-2H3,(H,14,15). The van der Waals surface area contributed by atoms with Crippen molar-refractivity contribution in [1.29, 1.82) is 0 Å². The third-order valence-corrected chi connectivity index (χ3v) is 5.60. The van der Waals surface area contributed by atoms with E-state index in [1.165, 1.54) is 16.9 Å². The van der Waals surface area contributed by atoms with Crippen LogP contribution < -0.4 is 0 Å². The summed E-state index contributed by atoms with van der Waals surface area (Å²) in [4.78, 5) is 12.8. The lowest BCUT2D eigenvalue weighted by atomic mass is 9.73. The molecule has 2 aliphatic rings. The third-order valence-electron chi connectivity index (χ3n) is 3.78. The van der Waals surface area contributed by atoms with Crippen LogP contribution in [0.15, 0.2) is 10.5 Å². The van der Waals surface area contributed by atoms with Crippen LogP contribution >= 0.6 is 24.4 Å². The topological polar surface area (TPSA) is 37.3 Å². The zero-order chi connectivity index (χ0) is 12.6. The maximum Gasteiger partial charge on any atom is 0.311 e. The van der Waals surface area contributed by atoms with E-state index in [1.54, 1.807) is 11.8 Å². The monoisotopic (exact) mass is 272 g/mol. The molecule has 96 valence electrons. The Hall–Kier alpha value is -0.0900. The van der Waals surface area contributed by atoms with E-state index < -0.39 is 5.97 Å². The Labute approximate surface area is 113 Å². The van der Waals surface area contributed by atoms with E-state index in [-0.39, 0.29) is 16.6 Å². The molecule has 1 heterocycles. The van der Waals surface area contributed by atoms with Gasteiger partial charge in [-0.3, -0.25) is 4.79 Å². The van der Waals surface area contributed by atoms with Crippen LogP contribution in [0, 0.1) is 11.3 Å². The van der Waals surface area contributed by atoms with E-state index >= 15 is 0 Å². The van der Waals surface area contributed by atoms with Crippen molar-refractivity contribution in [1.82, 2.24) is 0 Å². The lowest BCUT2D eigenvalue weighted by Gasteiger charge is -2.31. The van der Waals surface area contributed by atoms with Crippen LogP contribution in [0.2, 0.25) is 0 Å². The van der Waals surface area contributed by atoms with Crippen molar-refractivity contribution in [3.63, 3.8) is 0 Å². The van der Waals surface area contributed by atoms with E-state index in [9.17, 15) is 9.90 Å². The first kappa shape index (κ1) is 13.3. The highest BCUT2D eigenvalue weighted by Crippen LogP contribution is 2.54. The second-order valence-electron chi connectivity index (χ2n) is 5.77. The Kier molecular flexibility index (Phi) is 3.83. The number of carboxylic acids is 1. The Bertz CT molecular complexity index is 360. The highest BCUT2D eigenvalue weighted by Gasteiger charge is 2.43. The molecule has 1 N–H and O–H groups in total. The van der Waals surface area contributed by atoms with Crippen LogP contribution in [-0.2, 0) is 4.79 Å². The normalized spacial score (nSPS) is 31.5. The third kappa shape index (κ3) is 2.68. The van der Waals surface area contributed by atoms with E-state index in [0.29, 0.717) is 0 Å². The van der Waals surface area contributed by atoms with Crippen molar-refractivity contribution in [3.05, 3.63) is 10.5 Å². The average molecular weight is 272 g/mol. The molecule has 0 aromatic rings. The molecule has 2 rings (SSSR count). The molecule has 0 spiro atoms. The zero-order valence-corrected chi connectivity index (χ0v) is 12.1. The molecule has 17 heavy (non-hydrogen) atoms. The van der Waals surface area contributed by atoms with E-state index in [2.05, 4.69) is 26.5 Å². The van der Waals surface area contributed by atoms with Crippen molar-refractivity contribution >= 4 is 30.4 Å². The molecule has 0 fully saturated rings. The number of thiol groups is 1. The number of hydrogen-bond acceptors (Lipinski definition) is 3. The summed E-state index contributed by atoms with van der Waals surface area (Å²) >= 11 is 6.05. The SMILES string of the molecule is CC1(C)CCC2=C(C1)C(C(=O)O)C(CCS)S2. The number of aliphatic carboxylic acids is 1. The molecule has 0 saturated heterocycles. The minimum absolute atomic E-state index is 0.212. The molecule has 0 bridgehead atoms. The summed E-state index contributed by atoms with van der Waals surface area (Å²) in [5, 5.41) is 9.66. The van der Waals surface area contributed by atoms with Gasteiger partial charge in [0.15, 0.2) is 0 Å². The number of allylic oxidation sites excluding steroid dienone is 1. The van der Waals surface area contributed by atoms with Crippen LogP contribution in [0.5, 0.6) is 0 Å². The summed E-state index contributed by atoms with van der Waals surface area (Å²) in [6.45, 7) is 4.48. The molecule has 0 saturated carbocycles. The van der Waals surface area contributed by atoms with Crippen molar-refractivity contribution in [3.8, 4) is 0 Å². The van der Waals surface area contributed by atoms with E-state index in [1.807, 2.05) is 0 Å².